The maximum atomic E-state index is 12.7. The second-order valence-electron chi connectivity index (χ2n) is 7.16. The number of amides is 2. The quantitative estimate of drug-likeness (QED) is 0.793. The first-order valence-electron chi connectivity index (χ1n) is 9.44. The van der Waals surface area contributed by atoms with E-state index in [2.05, 4.69) is 0 Å². The van der Waals surface area contributed by atoms with Crippen LogP contribution in [0.1, 0.15) is 23.2 Å². The first-order chi connectivity index (χ1) is 13.1. The van der Waals surface area contributed by atoms with Crippen molar-refractivity contribution in [2.45, 2.75) is 18.9 Å². The summed E-state index contributed by atoms with van der Waals surface area (Å²) < 4.78 is 16.0. The van der Waals surface area contributed by atoms with Crippen LogP contribution in [0.2, 0.25) is 0 Å². The van der Waals surface area contributed by atoms with Gasteiger partial charge in [0, 0.05) is 45.0 Å². The van der Waals surface area contributed by atoms with E-state index in [0.717, 1.165) is 12.8 Å². The van der Waals surface area contributed by atoms with Crippen molar-refractivity contribution in [2.75, 3.05) is 46.2 Å². The molecule has 1 aromatic rings. The number of nitrogens with zero attached hydrogens (tertiary/aromatic N) is 2. The van der Waals surface area contributed by atoms with E-state index in [-0.39, 0.29) is 36.9 Å². The largest absolute Gasteiger partial charge is 0.454 e. The van der Waals surface area contributed by atoms with Crippen molar-refractivity contribution in [1.82, 2.24) is 9.80 Å². The van der Waals surface area contributed by atoms with Gasteiger partial charge >= 0.3 is 0 Å². The molecule has 2 amide bonds. The van der Waals surface area contributed by atoms with Crippen molar-refractivity contribution in [3.63, 3.8) is 0 Å². The second kappa shape index (κ2) is 8.98. The van der Waals surface area contributed by atoms with E-state index in [1.54, 1.807) is 28.0 Å². The number of hydrogen-bond acceptors (Lipinski definition) is 6. The summed E-state index contributed by atoms with van der Waals surface area (Å²) in [5, 5.41) is 0. The molecular formula is C19H26ClN3O5. The van der Waals surface area contributed by atoms with Crippen LogP contribution in [0.5, 0.6) is 11.5 Å². The summed E-state index contributed by atoms with van der Waals surface area (Å²) in [6, 6.07) is 4.73. The summed E-state index contributed by atoms with van der Waals surface area (Å²) in [5.41, 5.74) is 6.77. The number of fused-ring (bicyclic) bond motifs is 1. The van der Waals surface area contributed by atoms with Crippen LogP contribution in [-0.4, -0.2) is 73.8 Å². The second-order valence-corrected chi connectivity index (χ2v) is 7.16. The van der Waals surface area contributed by atoms with Crippen LogP contribution in [0.4, 0.5) is 0 Å². The number of rotatable bonds is 3. The fourth-order valence-corrected chi connectivity index (χ4v) is 3.83. The normalized spacial score (nSPS) is 20.5. The Morgan fingerprint density at radius 3 is 2.36 bits per heavy atom. The minimum atomic E-state index is -0.481. The number of piperazine rings is 1. The fourth-order valence-electron chi connectivity index (χ4n) is 3.83. The Balaban J connectivity index is 0.00000225. The van der Waals surface area contributed by atoms with Gasteiger partial charge in [-0.05, 0) is 37.0 Å². The number of carbonyl (C=O) groups is 2. The molecular weight excluding hydrogens is 386 g/mol. The molecule has 9 heteroatoms. The highest BCUT2D eigenvalue weighted by Gasteiger charge is 2.32. The molecule has 8 nitrogen and oxygen atoms in total. The SMILES string of the molecule is Cl.NC(C(=O)N1CCN(C(=O)c2ccc3c(c2)OCO3)CC1)C1CCOCC1. The number of carbonyl (C=O) groups excluding carboxylic acids is 2. The third-order valence-electron chi connectivity index (χ3n) is 5.56. The summed E-state index contributed by atoms with van der Waals surface area (Å²) >= 11 is 0. The number of halogens is 1. The van der Waals surface area contributed by atoms with Gasteiger partial charge in [-0.25, -0.2) is 0 Å². The summed E-state index contributed by atoms with van der Waals surface area (Å²) in [4.78, 5) is 29.0. The van der Waals surface area contributed by atoms with Gasteiger partial charge in [-0.15, -0.1) is 12.4 Å². The monoisotopic (exact) mass is 411 g/mol. The lowest BCUT2D eigenvalue weighted by atomic mass is 9.91. The summed E-state index contributed by atoms with van der Waals surface area (Å²) in [6.07, 6.45) is 1.66. The Morgan fingerprint density at radius 2 is 1.64 bits per heavy atom. The van der Waals surface area contributed by atoms with Crippen molar-refractivity contribution < 1.29 is 23.8 Å². The van der Waals surface area contributed by atoms with Gasteiger partial charge in [0.15, 0.2) is 11.5 Å². The highest BCUT2D eigenvalue weighted by Crippen LogP contribution is 2.33. The van der Waals surface area contributed by atoms with E-state index in [1.807, 2.05) is 0 Å². The molecule has 154 valence electrons. The Kier molecular flexibility index (Phi) is 6.64. The average molecular weight is 412 g/mol. The van der Waals surface area contributed by atoms with Crippen LogP contribution >= 0.6 is 12.4 Å². The van der Waals surface area contributed by atoms with Crippen LogP contribution in [0.3, 0.4) is 0 Å². The minimum absolute atomic E-state index is 0. The predicted molar refractivity (Wildman–Crippen MR) is 104 cm³/mol. The van der Waals surface area contributed by atoms with Crippen LogP contribution in [0.25, 0.3) is 0 Å². The van der Waals surface area contributed by atoms with Gasteiger partial charge in [-0.1, -0.05) is 0 Å². The van der Waals surface area contributed by atoms with Gasteiger partial charge in [-0.2, -0.15) is 0 Å². The zero-order valence-corrected chi connectivity index (χ0v) is 16.5. The summed E-state index contributed by atoms with van der Waals surface area (Å²) in [6.45, 7) is 3.53. The molecule has 0 aromatic heterocycles. The lowest BCUT2D eigenvalue weighted by Crippen LogP contribution is -2.56. The molecule has 3 heterocycles. The van der Waals surface area contributed by atoms with Gasteiger partial charge in [0.05, 0.1) is 6.04 Å². The van der Waals surface area contributed by atoms with Crippen molar-refractivity contribution in [1.29, 1.82) is 0 Å². The number of ether oxygens (including phenoxy) is 3. The van der Waals surface area contributed by atoms with Crippen molar-refractivity contribution in [3.05, 3.63) is 23.8 Å². The standard InChI is InChI=1S/C19H25N3O5.ClH/c20-17(13-3-9-25-10-4-13)19(24)22-7-5-21(6-8-22)18(23)14-1-2-15-16(11-14)27-12-26-15;/h1-2,11,13,17H,3-10,12,20H2;1H. The molecule has 0 aliphatic carbocycles. The van der Waals surface area contributed by atoms with Crippen molar-refractivity contribution >= 4 is 24.2 Å². The number of benzene rings is 1. The minimum Gasteiger partial charge on any atom is -0.454 e. The summed E-state index contributed by atoms with van der Waals surface area (Å²) in [7, 11) is 0. The van der Waals surface area contributed by atoms with E-state index in [4.69, 9.17) is 19.9 Å². The fraction of sp³-hybridized carbons (Fsp3) is 0.579. The third kappa shape index (κ3) is 4.19. The van der Waals surface area contributed by atoms with Crippen molar-refractivity contribution in [2.24, 2.45) is 11.7 Å². The van der Waals surface area contributed by atoms with E-state index in [9.17, 15) is 9.59 Å². The topological polar surface area (TPSA) is 94.3 Å². The van der Waals surface area contributed by atoms with Gasteiger partial charge < -0.3 is 29.7 Å². The van der Waals surface area contributed by atoms with Gasteiger partial charge in [0.25, 0.3) is 5.91 Å². The maximum Gasteiger partial charge on any atom is 0.254 e. The highest BCUT2D eigenvalue weighted by atomic mass is 35.5. The van der Waals surface area contributed by atoms with E-state index >= 15 is 0 Å². The average Bonchev–Trinajstić information content (AvgIpc) is 3.21. The molecule has 0 spiro atoms. The molecule has 3 aliphatic heterocycles. The molecule has 2 saturated heterocycles. The van der Waals surface area contributed by atoms with Crippen LogP contribution in [0, 0.1) is 5.92 Å². The van der Waals surface area contributed by atoms with Gasteiger partial charge in [0.2, 0.25) is 12.7 Å². The predicted octanol–water partition coefficient (Wildman–Crippen LogP) is 0.875. The zero-order valence-electron chi connectivity index (χ0n) is 15.7. The molecule has 0 bridgehead atoms. The first kappa shape index (κ1) is 20.7. The van der Waals surface area contributed by atoms with Crippen LogP contribution in [-0.2, 0) is 9.53 Å². The van der Waals surface area contributed by atoms with Crippen molar-refractivity contribution in [3.8, 4) is 11.5 Å². The summed E-state index contributed by atoms with van der Waals surface area (Å²) in [5.74, 6) is 1.35. The maximum absolute atomic E-state index is 12.7. The lowest BCUT2D eigenvalue weighted by molar-refractivity contribution is -0.136. The molecule has 0 saturated carbocycles. The molecule has 4 rings (SSSR count). The van der Waals surface area contributed by atoms with Gasteiger partial charge in [-0.3, -0.25) is 9.59 Å². The van der Waals surface area contributed by atoms with E-state index in [0.29, 0.717) is 56.5 Å². The molecule has 1 atom stereocenters. The third-order valence-corrected chi connectivity index (χ3v) is 5.56. The Labute approximate surface area is 170 Å². The molecule has 28 heavy (non-hydrogen) atoms. The molecule has 2 fully saturated rings. The number of hydrogen-bond donors (Lipinski definition) is 1. The molecule has 3 aliphatic rings. The zero-order chi connectivity index (χ0) is 18.8. The molecule has 0 radical (unpaired) electrons. The Morgan fingerprint density at radius 1 is 1.00 bits per heavy atom. The molecule has 1 unspecified atom stereocenters. The highest BCUT2D eigenvalue weighted by molar-refractivity contribution is 5.95. The number of nitrogens with two attached hydrogens (primary N) is 1. The van der Waals surface area contributed by atoms with E-state index < -0.39 is 6.04 Å². The first-order valence-corrected chi connectivity index (χ1v) is 9.44. The smallest absolute Gasteiger partial charge is 0.254 e. The van der Waals surface area contributed by atoms with Gasteiger partial charge in [0.1, 0.15) is 0 Å². The van der Waals surface area contributed by atoms with Crippen LogP contribution in [0.15, 0.2) is 18.2 Å². The Hall–Kier alpha value is -2.03. The van der Waals surface area contributed by atoms with Crippen LogP contribution < -0.4 is 15.2 Å². The lowest BCUT2D eigenvalue weighted by Gasteiger charge is -2.37. The Bertz CT molecular complexity index is 718. The molecule has 2 N–H and O–H groups in total. The molecule has 1 aromatic carbocycles. The van der Waals surface area contributed by atoms with E-state index in [1.165, 1.54) is 0 Å².